The Bertz CT molecular complexity index is 1070. The maximum Gasteiger partial charge on any atom is 0.417 e. The number of pyridine rings is 1. The highest BCUT2D eigenvalue weighted by molar-refractivity contribution is 5.95. The van der Waals surface area contributed by atoms with Gasteiger partial charge in [-0.25, -0.2) is 15.6 Å². The number of hydrazone groups is 1. The van der Waals surface area contributed by atoms with Gasteiger partial charge in [0.25, 0.3) is 0 Å². The van der Waals surface area contributed by atoms with Crippen LogP contribution in [0.3, 0.4) is 0 Å². The maximum absolute atomic E-state index is 12.7. The summed E-state index contributed by atoms with van der Waals surface area (Å²) in [6.45, 7) is 1.26. The van der Waals surface area contributed by atoms with Gasteiger partial charge >= 0.3 is 12.2 Å². The number of alkyl halides is 3. The molecule has 1 spiro atoms. The monoisotopic (exact) mass is 491 g/mol. The minimum absolute atomic E-state index is 0.0904. The van der Waals surface area contributed by atoms with E-state index >= 15 is 0 Å². The number of carbonyl (C=O) groups is 1. The fourth-order valence-electron chi connectivity index (χ4n) is 4.76. The van der Waals surface area contributed by atoms with Crippen LogP contribution in [0.25, 0.3) is 0 Å². The zero-order valence-electron chi connectivity index (χ0n) is 19.3. The Morgan fingerprint density at radius 2 is 1.97 bits per heavy atom. The van der Waals surface area contributed by atoms with E-state index in [1.54, 1.807) is 11.0 Å². The van der Waals surface area contributed by atoms with Gasteiger partial charge in [0.05, 0.1) is 5.56 Å². The maximum atomic E-state index is 12.7. The smallest absolute Gasteiger partial charge is 0.417 e. The molecule has 2 heterocycles. The summed E-state index contributed by atoms with van der Waals surface area (Å²) in [7, 11) is 1.53. The molecule has 0 atom stereocenters. The Balaban J connectivity index is 1.30. The summed E-state index contributed by atoms with van der Waals surface area (Å²) in [6.07, 6.45) is 0.136. The third kappa shape index (κ3) is 5.59. The summed E-state index contributed by atoms with van der Waals surface area (Å²) in [4.78, 5) is 18.0. The second-order valence-corrected chi connectivity index (χ2v) is 9.14. The lowest BCUT2D eigenvalue weighted by Crippen LogP contribution is -2.54. The Morgan fingerprint density at radius 3 is 2.54 bits per heavy atom. The normalized spacial score (nSPS) is 18.2. The average Bonchev–Trinajstić information content (AvgIpc) is 2.80. The number of benzene rings is 1. The van der Waals surface area contributed by atoms with Gasteiger partial charge in [0.2, 0.25) is 11.8 Å². The van der Waals surface area contributed by atoms with Crippen LogP contribution in [0.5, 0.6) is 11.6 Å². The molecule has 5 N–H and O–H groups in total. The Labute approximate surface area is 200 Å². The van der Waals surface area contributed by atoms with Gasteiger partial charge in [0, 0.05) is 32.4 Å². The molecule has 1 saturated heterocycles. The van der Waals surface area contributed by atoms with Crippen LogP contribution in [0.1, 0.15) is 42.7 Å². The molecule has 1 aromatic carbocycles. The Morgan fingerprint density at radius 1 is 1.26 bits per heavy atom. The molecule has 2 amide bonds. The molecule has 35 heavy (non-hydrogen) atoms. The third-order valence-corrected chi connectivity index (χ3v) is 6.76. The number of piperidine rings is 1. The first-order chi connectivity index (χ1) is 16.6. The van der Waals surface area contributed by atoms with Crippen LogP contribution in [-0.2, 0) is 6.18 Å². The van der Waals surface area contributed by atoms with Crippen LogP contribution < -0.4 is 21.7 Å². The van der Waals surface area contributed by atoms with E-state index in [4.69, 9.17) is 16.4 Å². The SMILES string of the molecule is CN(N)/C(=N\N)NC(=O)N1CCC2(CC1)CC(c1cccc(Oc3ccc(C(F)(F)F)cn3)c1)C2. The van der Waals surface area contributed by atoms with E-state index in [9.17, 15) is 18.0 Å². The van der Waals surface area contributed by atoms with Crippen molar-refractivity contribution in [3.63, 3.8) is 0 Å². The van der Waals surface area contributed by atoms with Gasteiger partial charge in [-0.1, -0.05) is 12.1 Å². The molecule has 12 heteroatoms. The fourth-order valence-corrected chi connectivity index (χ4v) is 4.76. The molecule has 1 aliphatic heterocycles. The number of hydrogen-bond acceptors (Lipinski definition) is 6. The highest BCUT2D eigenvalue weighted by Crippen LogP contribution is 2.56. The molecule has 0 unspecified atom stereocenters. The predicted molar refractivity (Wildman–Crippen MR) is 123 cm³/mol. The molecule has 0 radical (unpaired) electrons. The van der Waals surface area contributed by atoms with Crippen molar-refractivity contribution in [2.45, 2.75) is 37.8 Å². The summed E-state index contributed by atoms with van der Waals surface area (Å²) in [5.41, 5.74) is 0.500. The number of nitrogens with two attached hydrogens (primary N) is 2. The first kappa shape index (κ1) is 24.6. The van der Waals surface area contributed by atoms with Gasteiger partial charge in [-0.05, 0) is 60.8 Å². The quantitative estimate of drug-likeness (QED) is 0.261. The molecular formula is C23H28F3N7O2. The van der Waals surface area contributed by atoms with Crippen molar-refractivity contribution in [2.75, 3.05) is 20.1 Å². The molecular weight excluding hydrogens is 463 g/mol. The number of guanidine groups is 1. The van der Waals surface area contributed by atoms with Crippen LogP contribution >= 0.6 is 0 Å². The van der Waals surface area contributed by atoms with E-state index in [1.165, 1.54) is 13.1 Å². The fraction of sp³-hybridized carbons (Fsp3) is 0.435. The molecule has 9 nitrogen and oxygen atoms in total. The number of urea groups is 1. The lowest BCUT2D eigenvalue weighted by atomic mass is 9.56. The van der Waals surface area contributed by atoms with Crippen LogP contribution in [0.4, 0.5) is 18.0 Å². The third-order valence-electron chi connectivity index (χ3n) is 6.76. The van der Waals surface area contributed by atoms with E-state index in [1.807, 2.05) is 18.2 Å². The molecule has 1 aromatic heterocycles. The number of carbonyl (C=O) groups excluding carboxylic acids is 1. The van der Waals surface area contributed by atoms with Crippen LogP contribution in [0.15, 0.2) is 47.7 Å². The number of nitrogens with one attached hydrogen (secondary N) is 1. The molecule has 2 aliphatic rings. The lowest BCUT2D eigenvalue weighted by Gasteiger charge is -2.52. The van der Waals surface area contributed by atoms with E-state index in [2.05, 4.69) is 15.4 Å². The Kier molecular flexibility index (Phi) is 6.75. The van der Waals surface area contributed by atoms with Gasteiger partial charge in [0.1, 0.15) is 5.75 Å². The van der Waals surface area contributed by atoms with E-state index in [0.717, 1.165) is 48.5 Å². The van der Waals surface area contributed by atoms with Crippen LogP contribution in [-0.4, -0.2) is 47.0 Å². The van der Waals surface area contributed by atoms with E-state index < -0.39 is 11.7 Å². The Hall–Kier alpha value is -3.54. The van der Waals surface area contributed by atoms with Crippen molar-refractivity contribution in [3.8, 4) is 11.6 Å². The number of halogens is 3. The number of hydrazine groups is 1. The van der Waals surface area contributed by atoms with Crippen molar-refractivity contribution in [1.29, 1.82) is 0 Å². The number of aromatic nitrogens is 1. The summed E-state index contributed by atoms with van der Waals surface area (Å²) in [5.74, 6) is 11.9. The summed E-state index contributed by atoms with van der Waals surface area (Å²) >= 11 is 0. The van der Waals surface area contributed by atoms with Gasteiger partial charge in [-0.2, -0.15) is 13.2 Å². The largest absolute Gasteiger partial charge is 0.439 e. The topological polar surface area (TPSA) is 122 Å². The van der Waals surface area contributed by atoms with E-state index in [-0.39, 0.29) is 23.3 Å². The number of nitrogens with zero attached hydrogens (tertiary/aromatic N) is 4. The molecule has 0 bridgehead atoms. The number of amides is 2. The van der Waals surface area contributed by atoms with Crippen LogP contribution in [0, 0.1) is 5.41 Å². The average molecular weight is 492 g/mol. The molecule has 2 aromatic rings. The van der Waals surface area contributed by atoms with E-state index in [0.29, 0.717) is 24.8 Å². The van der Waals surface area contributed by atoms with Crippen molar-refractivity contribution < 1.29 is 22.7 Å². The van der Waals surface area contributed by atoms with Crippen molar-refractivity contribution in [3.05, 3.63) is 53.7 Å². The first-order valence-electron chi connectivity index (χ1n) is 11.2. The molecule has 1 saturated carbocycles. The van der Waals surface area contributed by atoms with Crippen molar-refractivity contribution >= 4 is 12.0 Å². The standard InChI is InChI=1S/C23H28F3N7O2/c1-32(28)20(31-27)30-21(34)33-9-7-22(8-10-33)12-16(13-22)15-3-2-4-18(11-15)35-19-6-5-17(14-29-19)23(24,25)26/h2-6,11,14,16H,7-10,12-13,27-28H2,1H3,(H,30,31,34). The molecule has 188 valence electrons. The summed E-state index contributed by atoms with van der Waals surface area (Å²) in [5, 5.41) is 7.22. The van der Waals surface area contributed by atoms with Gasteiger partial charge in [-0.15, -0.1) is 5.10 Å². The zero-order chi connectivity index (χ0) is 25.2. The number of ether oxygens (including phenoxy) is 1. The number of rotatable bonds is 3. The minimum atomic E-state index is -4.44. The van der Waals surface area contributed by atoms with Gasteiger partial charge in [-0.3, -0.25) is 10.3 Å². The van der Waals surface area contributed by atoms with Gasteiger partial charge in [0.15, 0.2) is 0 Å². The highest BCUT2D eigenvalue weighted by Gasteiger charge is 2.46. The summed E-state index contributed by atoms with van der Waals surface area (Å²) in [6, 6.07) is 9.46. The molecule has 2 fully saturated rings. The predicted octanol–water partition coefficient (Wildman–Crippen LogP) is 3.60. The lowest BCUT2D eigenvalue weighted by molar-refractivity contribution is -0.137. The van der Waals surface area contributed by atoms with Crippen molar-refractivity contribution in [2.24, 2.45) is 22.2 Å². The second-order valence-electron chi connectivity index (χ2n) is 9.14. The number of likely N-dealkylation sites (tertiary alicyclic amines) is 1. The molecule has 1 aliphatic carbocycles. The van der Waals surface area contributed by atoms with Gasteiger partial charge < -0.3 is 15.5 Å². The van der Waals surface area contributed by atoms with Crippen LogP contribution in [0.2, 0.25) is 0 Å². The minimum Gasteiger partial charge on any atom is -0.439 e. The van der Waals surface area contributed by atoms with Crippen molar-refractivity contribution in [1.82, 2.24) is 20.2 Å². The first-order valence-corrected chi connectivity index (χ1v) is 11.2. The highest BCUT2D eigenvalue weighted by atomic mass is 19.4. The summed E-state index contributed by atoms with van der Waals surface area (Å²) < 4.78 is 43.8. The molecule has 4 rings (SSSR count). The number of hydrogen-bond donors (Lipinski definition) is 3. The second kappa shape index (κ2) is 9.61. The zero-order valence-corrected chi connectivity index (χ0v) is 19.3.